The Morgan fingerprint density at radius 2 is 1.61 bits per heavy atom. The van der Waals surface area contributed by atoms with Gasteiger partial charge in [-0.2, -0.15) is 13.2 Å². The maximum absolute atomic E-state index is 12.2. The lowest BCUT2D eigenvalue weighted by atomic mass is 10.1. The van der Waals surface area contributed by atoms with Gasteiger partial charge in [0.25, 0.3) is 0 Å². The van der Waals surface area contributed by atoms with E-state index in [0.29, 0.717) is 19.1 Å². The SMILES string of the molecule is O=C(CCC(F)(F)F)N1CCN(C2Cc3ccccc3C2)CC1. The number of benzene rings is 1. The number of piperazine rings is 1. The van der Waals surface area contributed by atoms with Crippen molar-refractivity contribution < 1.29 is 18.0 Å². The van der Waals surface area contributed by atoms with Gasteiger partial charge < -0.3 is 4.90 Å². The highest BCUT2D eigenvalue weighted by atomic mass is 19.4. The standard InChI is InChI=1S/C17H21F3N2O/c18-17(19,20)6-5-16(23)22-9-7-21(8-10-22)15-11-13-3-1-2-4-14(13)12-15/h1-4,15H,5-12H2. The van der Waals surface area contributed by atoms with Gasteiger partial charge >= 0.3 is 6.18 Å². The lowest BCUT2D eigenvalue weighted by Crippen LogP contribution is -2.52. The minimum atomic E-state index is -4.26. The van der Waals surface area contributed by atoms with E-state index in [-0.39, 0.29) is 5.91 Å². The molecule has 1 fully saturated rings. The van der Waals surface area contributed by atoms with Gasteiger partial charge in [-0.05, 0) is 24.0 Å². The molecular formula is C17H21F3N2O. The highest BCUT2D eigenvalue weighted by Crippen LogP contribution is 2.26. The maximum Gasteiger partial charge on any atom is 0.389 e. The molecule has 1 saturated heterocycles. The van der Waals surface area contributed by atoms with E-state index in [1.165, 1.54) is 11.1 Å². The fourth-order valence-corrected chi connectivity index (χ4v) is 3.54. The number of alkyl halides is 3. The smallest absolute Gasteiger partial charge is 0.340 e. The molecule has 2 aliphatic rings. The van der Waals surface area contributed by atoms with Crippen LogP contribution in [0.5, 0.6) is 0 Å². The van der Waals surface area contributed by atoms with E-state index in [0.717, 1.165) is 25.9 Å². The van der Waals surface area contributed by atoms with E-state index < -0.39 is 19.0 Å². The van der Waals surface area contributed by atoms with Crippen molar-refractivity contribution in [3.05, 3.63) is 35.4 Å². The molecule has 0 N–H and O–H groups in total. The largest absolute Gasteiger partial charge is 0.389 e. The number of fused-ring (bicyclic) bond motifs is 1. The minimum Gasteiger partial charge on any atom is -0.340 e. The monoisotopic (exact) mass is 326 g/mol. The molecule has 3 rings (SSSR count). The van der Waals surface area contributed by atoms with Crippen molar-refractivity contribution in [3.8, 4) is 0 Å². The molecule has 0 unspecified atom stereocenters. The Balaban J connectivity index is 1.47. The summed E-state index contributed by atoms with van der Waals surface area (Å²) in [5, 5.41) is 0. The van der Waals surface area contributed by atoms with E-state index in [2.05, 4.69) is 29.2 Å². The summed E-state index contributed by atoms with van der Waals surface area (Å²) in [4.78, 5) is 15.8. The third-order valence-corrected chi connectivity index (χ3v) is 4.84. The second-order valence-electron chi connectivity index (χ2n) is 6.36. The Hall–Kier alpha value is -1.56. The number of amides is 1. The molecule has 6 heteroatoms. The average molecular weight is 326 g/mol. The molecule has 1 amide bonds. The molecule has 0 atom stereocenters. The summed E-state index contributed by atoms with van der Waals surface area (Å²) < 4.78 is 36.6. The van der Waals surface area contributed by atoms with E-state index in [1.54, 1.807) is 4.90 Å². The van der Waals surface area contributed by atoms with Crippen molar-refractivity contribution in [2.24, 2.45) is 0 Å². The van der Waals surface area contributed by atoms with E-state index >= 15 is 0 Å². The topological polar surface area (TPSA) is 23.6 Å². The van der Waals surface area contributed by atoms with Crippen molar-refractivity contribution in [1.29, 1.82) is 0 Å². The van der Waals surface area contributed by atoms with Crippen molar-refractivity contribution in [2.75, 3.05) is 26.2 Å². The summed E-state index contributed by atoms with van der Waals surface area (Å²) >= 11 is 0. The quantitative estimate of drug-likeness (QED) is 0.852. The maximum atomic E-state index is 12.2. The number of carbonyl (C=O) groups excluding carboxylic acids is 1. The van der Waals surface area contributed by atoms with Gasteiger partial charge in [0.1, 0.15) is 0 Å². The predicted molar refractivity (Wildman–Crippen MR) is 81.1 cm³/mol. The Morgan fingerprint density at radius 3 is 2.13 bits per heavy atom. The molecule has 1 aromatic rings. The van der Waals surface area contributed by atoms with Crippen LogP contribution in [0, 0.1) is 0 Å². The van der Waals surface area contributed by atoms with Gasteiger partial charge in [0.05, 0.1) is 6.42 Å². The first-order valence-electron chi connectivity index (χ1n) is 8.08. The van der Waals surface area contributed by atoms with Crippen LogP contribution in [0.3, 0.4) is 0 Å². The molecular weight excluding hydrogens is 305 g/mol. The zero-order chi connectivity index (χ0) is 16.4. The zero-order valence-electron chi connectivity index (χ0n) is 13.0. The molecule has 0 bridgehead atoms. The summed E-state index contributed by atoms with van der Waals surface area (Å²) in [7, 11) is 0. The highest BCUT2D eigenvalue weighted by molar-refractivity contribution is 5.76. The van der Waals surface area contributed by atoms with E-state index in [1.807, 2.05) is 0 Å². The summed E-state index contributed by atoms with van der Waals surface area (Å²) in [6.45, 7) is 2.56. The van der Waals surface area contributed by atoms with Gasteiger partial charge in [-0.3, -0.25) is 9.69 Å². The molecule has 1 heterocycles. The van der Waals surface area contributed by atoms with Crippen molar-refractivity contribution in [3.63, 3.8) is 0 Å². The van der Waals surface area contributed by atoms with E-state index in [9.17, 15) is 18.0 Å². The third-order valence-electron chi connectivity index (χ3n) is 4.84. The molecule has 0 saturated carbocycles. The summed E-state index contributed by atoms with van der Waals surface area (Å²) in [5.41, 5.74) is 2.78. The molecule has 0 radical (unpaired) electrons. The van der Waals surface area contributed by atoms with Crippen molar-refractivity contribution >= 4 is 5.91 Å². The third kappa shape index (κ3) is 4.05. The van der Waals surface area contributed by atoms with Crippen LogP contribution in [0.15, 0.2) is 24.3 Å². The number of rotatable bonds is 3. The molecule has 1 aromatic carbocycles. The average Bonchev–Trinajstić information content (AvgIpc) is 2.96. The fraction of sp³-hybridized carbons (Fsp3) is 0.588. The second-order valence-corrected chi connectivity index (χ2v) is 6.36. The van der Waals surface area contributed by atoms with Crippen LogP contribution in [0.4, 0.5) is 13.2 Å². The lowest BCUT2D eigenvalue weighted by molar-refractivity contribution is -0.150. The van der Waals surface area contributed by atoms with Crippen LogP contribution in [-0.2, 0) is 17.6 Å². The minimum absolute atomic E-state index is 0.378. The number of carbonyl (C=O) groups is 1. The van der Waals surface area contributed by atoms with Gasteiger partial charge in [0, 0.05) is 38.6 Å². The molecule has 126 valence electrons. The van der Waals surface area contributed by atoms with Crippen LogP contribution >= 0.6 is 0 Å². The van der Waals surface area contributed by atoms with Gasteiger partial charge in [0.15, 0.2) is 0 Å². The van der Waals surface area contributed by atoms with Crippen LogP contribution in [0.1, 0.15) is 24.0 Å². The number of halogens is 3. The Morgan fingerprint density at radius 1 is 1.04 bits per heavy atom. The Labute approximate surface area is 134 Å². The summed E-state index contributed by atoms with van der Waals surface area (Å²) in [6, 6.07) is 8.88. The normalized spacial score (nSPS) is 19.9. The molecule has 1 aliphatic heterocycles. The first-order valence-corrected chi connectivity index (χ1v) is 8.08. The first-order chi connectivity index (χ1) is 10.9. The summed E-state index contributed by atoms with van der Waals surface area (Å²) in [6.07, 6.45) is -3.66. The first kappa shape index (κ1) is 16.3. The Kier molecular flexibility index (Phi) is 4.62. The molecule has 0 aromatic heterocycles. The Bertz CT molecular complexity index is 540. The van der Waals surface area contributed by atoms with E-state index in [4.69, 9.17) is 0 Å². The lowest BCUT2D eigenvalue weighted by Gasteiger charge is -2.38. The van der Waals surface area contributed by atoms with Crippen LogP contribution in [0.2, 0.25) is 0 Å². The summed E-state index contributed by atoms with van der Waals surface area (Å²) in [5.74, 6) is -0.378. The molecule has 3 nitrogen and oxygen atoms in total. The molecule has 0 spiro atoms. The number of nitrogens with zero attached hydrogens (tertiary/aromatic N) is 2. The van der Waals surface area contributed by atoms with Gasteiger partial charge in [-0.25, -0.2) is 0 Å². The van der Waals surface area contributed by atoms with Gasteiger partial charge in [0.2, 0.25) is 5.91 Å². The van der Waals surface area contributed by atoms with Crippen LogP contribution in [-0.4, -0.2) is 54.1 Å². The number of hydrogen-bond acceptors (Lipinski definition) is 2. The predicted octanol–water partition coefficient (Wildman–Crippen LogP) is 2.64. The van der Waals surface area contributed by atoms with Crippen molar-refractivity contribution in [2.45, 2.75) is 37.9 Å². The van der Waals surface area contributed by atoms with Crippen molar-refractivity contribution in [1.82, 2.24) is 9.80 Å². The van der Waals surface area contributed by atoms with Crippen LogP contribution < -0.4 is 0 Å². The molecule has 23 heavy (non-hydrogen) atoms. The number of hydrogen-bond donors (Lipinski definition) is 0. The van der Waals surface area contributed by atoms with Crippen LogP contribution in [0.25, 0.3) is 0 Å². The molecule has 1 aliphatic carbocycles. The highest BCUT2D eigenvalue weighted by Gasteiger charge is 2.32. The zero-order valence-corrected chi connectivity index (χ0v) is 13.0. The second kappa shape index (κ2) is 6.51. The van der Waals surface area contributed by atoms with Gasteiger partial charge in [-0.1, -0.05) is 24.3 Å². The fourth-order valence-electron chi connectivity index (χ4n) is 3.54. The van der Waals surface area contributed by atoms with Gasteiger partial charge in [-0.15, -0.1) is 0 Å².